The lowest BCUT2D eigenvalue weighted by molar-refractivity contribution is -0.132. The molecular weight excluding hydrogens is 352 g/mol. The van der Waals surface area contributed by atoms with Crippen molar-refractivity contribution in [2.75, 3.05) is 17.6 Å². The zero-order valence-corrected chi connectivity index (χ0v) is 16.1. The number of piperidine rings is 1. The van der Waals surface area contributed by atoms with Crippen molar-refractivity contribution in [2.24, 2.45) is 0 Å². The lowest BCUT2D eigenvalue weighted by atomic mass is 10.0. The molecule has 2 heterocycles. The molecule has 7 heteroatoms. The van der Waals surface area contributed by atoms with Gasteiger partial charge < -0.3 is 10.2 Å². The summed E-state index contributed by atoms with van der Waals surface area (Å²) in [5.41, 5.74) is 1.21. The zero-order valence-electron chi connectivity index (χ0n) is 14.5. The molecule has 0 unspecified atom stereocenters. The lowest BCUT2D eigenvalue weighted by Gasteiger charge is -2.35. The van der Waals surface area contributed by atoms with Crippen molar-refractivity contribution < 1.29 is 4.79 Å². The summed E-state index contributed by atoms with van der Waals surface area (Å²) in [6, 6.07) is 10.6. The van der Waals surface area contributed by atoms with E-state index < -0.39 is 0 Å². The van der Waals surface area contributed by atoms with E-state index in [2.05, 4.69) is 39.5 Å². The first-order valence-corrected chi connectivity index (χ1v) is 10.6. The van der Waals surface area contributed by atoms with Crippen LogP contribution in [-0.4, -0.2) is 39.3 Å². The van der Waals surface area contributed by atoms with Gasteiger partial charge in [0.1, 0.15) is 0 Å². The predicted molar refractivity (Wildman–Crippen MR) is 104 cm³/mol. The first kappa shape index (κ1) is 18.2. The van der Waals surface area contributed by atoms with Crippen molar-refractivity contribution in [3.05, 3.63) is 35.9 Å². The molecule has 25 heavy (non-hydrogen) atoms. The molecule has 1 aliphatic heterocycles. The van der Waals surface area contributed by atoms with E-state index in [1.807, 2.05) is 18.2 Å². The van der Waals surface area contributed by atoms with Gasteiger partial charge in [-0.25, -0.2) is 0 Å². The third-order valence-corrected chi connectivity index (χ3v) is 6.43. The molecule has 1 saturated heterocycles. The molecule has 1 fully saturated rings. The molecule has 1 N–H and O–H groups in total. The summed E-state index contributed by atoms with van der Waals surface area (Å²) in [5.74, 6) is 0.676. The topological polar surface area (TPSA) is 58.1 Å². The number of benzene rings is 1. The van der Waals surface area contributed by atoms with Crippen LogP contribution in [0.1, 0.15) is 38.2 Å². The van der Waals surface area contributed by atoms with Crippen molar-refractivity contribution >= 4 is 34.1 Å². The largest absolute Gasteiger partial charge is 0.356 e. The normalized spacial score (nSPS) is 17.5. The van der Waals surface area contributed by atoms with Gasteiger partial charge >= 0.3 is 0 Å². The van der Waals surface area contributed by atoms with Gasteiger partial charge in [0.25, 0.3) is 0 Å². The van der Waals surface area contributed by atoms with Gasteiger partial charge in [0.2, 0.25) is 11.0 Å². The van der Waals surface area contributed by atoms with Gasteiger partial charge in [-0.15, -0.1) is 10.2 Å². The summed E-state index contributed by atoms with van der Waals surface area (Å²) in [4.78, 5) is 14.6. The van der Waals surface area contributed by atoms with Gasteiger partial charge in [-0.3, -0.25) is 4.79 Å². The Hall–Kier alpha value is -1.60. The molecule has 5 nitrogen and oxygen atoms in total. The van der Waals surface area contributed by atoms with Crippen LogP contribution in [0, 0.1) is 0 Å². The fourth-order valence-corrected chi connectivity index (χ4v) is 4.71. The number of hydrogen-bond acceptors (Lipinski definition) is 6. The Kier molecular flexibility index (Phi) is 6.69. The number of aromatic nitrogens is 2. The molecule has 1 aromatic carbocycles. The van der Waals surface area contributed by atoms with Crippen LogP contribution in [0.3, 0.4) is 0 Å². The van der Waals surface area contributed by atoms with Crippen LogP contribution in [0.15, 0.2) is 34.7 Å². The van der Waals surface area contributed by atoms with Crippen LogP contribution < -0.4 is 5.32 Å². The highest BCUT2D eigenvalue weighted by atomic mass is 32.2. The average Bonchev–Trinajstić information content (AvgIpc) is 3.13. The first-order valence-electron chi connectivity index (χ1n) is 8.80. The highest BCUT2D eigenvalue weighted by molar-refractivity contribution is 8.01. The zero-order chi connectivity index (χ0) is 17.5. The molecular formula is C18H24N4OS2. The molecule has 0 spiro atoms. The van der Waals surface area contributed by atoms with E-state index in [0.29, 0.717) is 11.8 Å². The summed E-state index contributed by atoms with van der Waals surface area (Å²) < 4.78 is 0.842. The van der Waals surface area contributed by atoms with Gasteiger partial charge in [-0.2, -0.15) is 0 Å². The van der Waals surface area contributed by atoms with Crippen molar-refractivity contribution in [3.63, 3.8) is 0 Å². The predicted octanol–water partition coefficient (Wildman–Crippen LogP) is 4.03. The quantitative estimate of drug-likeness (QED) is 0.739. The molecule has 2 aromatic rings. The Morgan fingerprint density at radius 3 is 2.96 bits per heavy atom. The smallest absolute Gasteiger partial charge is 0.233 e. The van der Waals surface area contributed by atoms with Gasteiger partial charge in [-0.1, -0.05) is 60.4 Å². The van der Waals surface area contributed by atoms with Gasteiger partial charge in [0, 0.05) is 19.1 Å². The Morgan fingerprint density at radius 2 is 2.16 bits per heavy atom. The number of hydrogen-bond donors (Lipinski definition) is 1. The minimum Gasteiger partial charge on any atom is -0.356 e. The monoisotopic (exact) mass is 376 g/mol. The van der Waals surface area contributed by atoms with E-state index >= 15 is 0 Å². The fourth-order valence-electron chi connectivity index (χ4n) is 3.07. The Labute approximate surface area is 157 Å². The number of anilines is 1. The second-order valence-electron chi connectivity index (χ2n) is 6.15. The van der Waals surface area contributed by atoms with Crippen LogP contribution in [0.4, 0.5) is 5.13 Å². The van der Waals surface area contributed by atoms with Crippen molar-refractivity contribution in [1.29, 1.82) is 0 Å². The van der Waals surface area contributed by atoms with Crippen LogP contribution in [-0.2, 0) is 11.3 Å². The van der Waals surface area contributed by atoms with E-state index in [1.165, 1.54) is 35.1 Å². The minimum atomic E-state index is 0.227. The maximum atomic E-state index is 12.5. The summed E-state index contributed by atoms with van der Waals surface area (Å²) in [5, 5.41) is 12.4. The number of likely N-dealkylation sites (tertiary alicyclic amines) is 1. The maximum absolute atomic E-state index is 12.5. The van der Waals surface area contributed by atoms with Crippen molar-refractivity contribution in [2.45, 2.75) is 49.5 Å². The molecule has 0 saturated carbocycles. The Morgan fingerprint density at radius 1 is 1.32 bits per heavy atom. The number of nitrogens with zero attached hydrogens (tertiary/aromatic N) is 3. The maximum Gasteiger partial charge on any atom is 0.233 e. The SMILES string of the molecule is CC[C@H]1CCCCN1C(=O)CSc1nnc(NCc2ccccc2)s1. The van der Waals surface area contributed by atoms with Gasteiger partial charge in [0.15, 0.2) is 4.34 Å². The molecule has 3 rings (SSSR count). The summed E-state index contributed by atoms with van der Waals surface area (Å²) in [6.45, 7) is 3.79. The standard InChI is InChI=1S/C18H24N4OS2/c1-2-15-10-6-7-11-22(15)16(23)13-24-18-21-20-17(25-18)19-12-14-8-4-3-5-9-14/h3-5,8-9,15H,2,6-7,10-13H2,1H3,(H,19,20)/t15-/m0/s1. The second kappa shape index (κ2) is 9.20. The van der Waals surface area contributed by atoms with E-state index in [4.69, 9.17) is 0 Å². The van der Waals surface area contributed by atoms with Crippen LogP contribution >= 0.6 is 23.1 Å². The number of amides is 1. The molecule has 134 valence electrons. The third kappa shape index (κ3) is 5.19. The number of carbonyl (C=O) groups is 1. The highest BCUT2D eigenvalue weighted by Gasteiger charge is 2.25. The Balaban J connectivity index is 1.47. The summed E-state index contributed by atoms with van der Waals surface area (Å²) in [6.07, 6.45) is 4.55. The Bertz CT molecular complexity index is 677. The lowest BCUT2D eigenvalue weighted by Crippen LogP contribution is -2.44. The molecule has 0 bridgehead atoms. The van der Waals surface area contributed by atoms with E-state index in [9.17, 15) is 4.79 Å². The molecule has 1 atom stereocenters. The molecule has 0 radical (unpaired) electrons. The van der Waals surface area contributed by atoms with Crippen molar-refractivity contribution in [3.8, 4) is 0 Å². The van der Waals surface area contributed by atoms with E-state index in [1.54, 1.807) is 0 Å². The van der Waals surface area contributed by atoms with Crippen molar-refractivity contribution in [1.82, 2.24) is 15.1 Å². The van der Waals surface area contributed by atoms with E-state index in [0.717, 1.165) is 41.8 Å². The molecule has 1 aliphatic rings. The number of carbonyl (C=O) groups excluding carboxylic acids is 1. The first-order chi connectivity index (χ1) is 12.3. The minimum absolute atomic E-state index is 0.227. The molecule has 1 amide bonds. The van der Waals surface area contributed by atoms with Crippen LogP contribution in [0.5, 0.6) is 0 Å². The molecule has 0 aliphatic carbocycles. The number of rotatable bonds is 7. The number of nitrogens with one attached hydrogen (secondary N) is 1. The summed E-state index contributed by atoms with van der Waals surface area (Å²) >= 11 is 3.00. The fraction of sp³-hybridized carbons (Fsp3) is 0.500. The second-order valence-corrected chi connectivity index (χ2v) is 8.35. The average molecular weight is 377 g/mol. The third-order valence-electron chi connectivity index (χ3n) is 4.43. The van der Waals surface area contributed by atoms with Gasteiger partial charge in [-0.05, 0) is 31.2 Å². The summed E-state index contributed by atoms with van der Waals surface area (Å²) in [7, 11) is 0. The van der Waals surface area contributed by atoms with E-state index in [-0.39, 0.29) is 5.91 Å². The van der Waals surface area contributed by atoms with Gasteiger partial charge in [0.05, 0.1) is 5.75 Å². The highest BCUT2D eigenvalue weighted by Crippen LogP contribution is 2.27. The van der Waals surface area contributed by atoms with Crippen LogP contribution in [0.2, 0.25) is 0 Å². The number of thioether (sulfide) groups is 1. The van der Waals surface area contributed by atoms with Crippen LogP contribution in [0.25, 0.3) is 0 Å². The molecule has 1 aromatic heterocycles.